The number of carbonyl (C=O) groups is 1. The Morgan fingerprint density at radius 1 is 1.17 bits per heavy atom. The van der Waals surface area contributed by atoms with Crippen LogP contribution in [-0.4, -0.2) is 49.1 Å². The number of thiazole rings is 1. The number of anilines is 1. The maximum Gasteiger partial charge on any atom is 0.261 e. The molecule has 3 rings (SSSR count). The second-order valence-electron chi connectivity index (χ2n) is 6.39. The number of methoxy groups -OCH3 is 1. The molecule has 3 aromatic rings. The fourth-order valence-electron chi connectivity index (χ4n) is 3.07. The molecule has 0 aliphatic rings. The maximum atomic E-state index is 13.5. The van der Waals surface area contributed by atoms with Crippen LogP contribution in [0, 0.1) is 0 Å². The SMILES string of the molecule is CCN(CC)CCN(C(=O)c1ccccc1Br)c1nc2c(OC)ccc(Cl)c2s1.Cl. The van der Waals surface area contributed by atoms with Crippen LogP contribution >= 0.6 is 51.3 Å². The minimum absolute atomic E-state index is 0. The fraction of sp³-hybridized carbons (Fsp3) is 0.333. The molecule has 2 aromatic carbocycles. The summed E-state index contributed by atoms with van der Waals surface area (Å²) in [6.07, 6.45) is 0. The summed E-state index contributed by atoms with van der Waals surface area (Å²) < 4.78 is 7.01. The van der Waals surface area contributed by atoms with Crippen LogP contribution in [0.15, 0.2) is 40.9 Å². The number of benzene rings is 2. The van der Waals surface area contributed by atoms with Gasteiger partial charge < -0.3 is 9.64 Å². The monoisotopic (exact) mass is 531 g/mol. The number of fused-ring (bicyclic) bond motifs is 1. The normalized spacial score (nSPS) is 10.9. The van der Waals surface area contributed by atoms with E-state index in [4.69, 9.17) is 21.3 Å². The Kier molecular flexibility index (Phi) is 9.37. The van der Waals surface area contributed by atoms with Crippen molar-refractivity contribution in [3.8, 4) is 5.75 Å². The van der Waals surface area contributed by atoms with Gasteiger partial charge in [0.05, 0.1) is 22.4 Å². The molecule has 0 unspecified atom stereocenters. The lowest BCUT2D eigenvalue weighted by Crippen LogP contribution is -2.39. The molecule has 0 aliphatic heterocycles. The second kappa shape index (κ2) is 11.3. The Labute approximate surface area is 200 Å². The molecule has 0 radical (unpaired) electrons. The highest BCUT2D eigenvalue weighted by Crippen LogP contribution is 2.39. The molecular formula is C21H24BrCl2N3O2S. The second-order valence-corrected chi connectivity index (χ2v) is 8.63. The van der Waals surface area contributed by atoms with Gasteiger partial charge in [-0.15, -0.1) is 12.4 Å². The Balaban J connectivity index is 0.00000320. The Morgan fingerprint density at radius 3 is 2.50 bits per heavy atom. The molecule has 0 saturated carbocycles. The number of hydrogen-bond acceptors (Lipinski definition) is 5. The van der Waals surface area contributed by atoms with Gasteiger partial charge in [0, 0.05) is 17.6 Å². The molecule has 5 nitrogen and oxygen atoms in total. The average Bonchev–Trinajstić information content (AvgIpc) is 3.17. The summed E-state index contributed by atoms with van der Waals surface area (Å²) in [4.78, 5) is 22.2. The molecule has 9 heteroatoms. The van der Waals surface area contributed by atoms with E-state index in [1.54, 1.807) is 24.1 Å². The van der Waals surface area contributed by atoms with E-state index >= 15 is 0 Å². The minimum atomic E-state index is -0.0984. The lowest BCUT2D eigenvalue weighted by molar-refractivity contribution is 0.0983. The molecule has 1 heterocycles. The summed E-state index contributed by atoms with van der Waals surface area (Å²) in [6, 6.07) is 11.0. The highest BCUT2D eigenvalue weighted by Gasteiger charge is 2.24. The summed E-state index contributed by atoms with van der Waals surface area (Å²) in [7, 11) is 1.60. The van der Waals surface area contributed by atoms with Crippen molar-refractivity contribution >= 4 is 72.5 Å². The van der Waals surface area contributed by atoms with Crippen LogP contribution in [0.5, 0.6) is 5.75 Å². The predicted octanol–water partition coefficient (Wildman–Crippen LogP) is 6.13. The van der Waals surface area contributed by atoms with Crippen LogP contribution in [-0.2, 0) is 0 Å². The molecule has 0 atom stereocenters. The zero-order valence-electron chi connectivity index (χ0n) is 17.0. The number of carbonyl (C=O) groups excluding carboxylic acids is 1. The van der Waals surface area contributed by atoms with E-state index in [0.29, 0.717) is 33.5 Å². The van der Waals surface area contributed by atoms with Gasteiger partial charge in [0.2, 0.25) is 0 Å². The van der Waals surface area contributed by atoms with Gasteiger partial charge in [-0.3, -0.25) is 9.69 Å². The fourth-order valence-corrected chi connectivity index (χ4v) is 4.80. The van der Waals surface area contributed by atoms with Gasteiger partial charge in [0.25, 0.3) is 5.91 Å². The largest absolute Gasteiger partial charge is 0.494 e. The molecular weight excluding hydrogens is 509 g/mol. The molecule has 1 aromatic heterocycles. The predicted molar refractivity (Wildman–Crippen MR) is 132 cm³/mol. The topological polar surface area (TPSA) is 45.7 Å². The van der Waals surface area contributed by atoms with Crippen molar-refractivity contribution in [2.24, 2.45) is 0 Å². The summed E-state index contributed by atoms with van der Waals surface area (Å²) in [5.74, 6) is 0.544. The van der Waals surface area contributed by atoms with E-state index in [1.165, 1.54) is 11.3 Å². The lowest BCUT2D eigenvalue weighted by Gasteiger charge is -2.25. The molecule has 162 valence electrons. The number of rotatable bonds is 8. The lowest BCUT2D eigenvalue weighted by atomic mass is 10.2. The van der Waals surface area contributed by atoms with Crippen molar-refractivity contribution in [2.75, 3.05) is 38.2 Å². The molecule has 0 bridgehead atoms. The Bertz CT molecular complexity index is 1010. The van der Waals surface area contributed by atoms with Crippen molar-refractivity contribution in [3.05, 3.63) is 51.5 Å². The van der Waals surface area contributed by atoms with E-state index in [2.05, 4.69) is 34.7 Å². The first-order chi connectivity index (χ1) is 14.0. The van der Waals surface area contributed by atoms with Gasteiger partial charge in [-0.05, 0) is 53.3 Å². The Morgan fingerprint density at radius 2 is 1.87 bits per heavy atom. The number of nitrogens with zero attached hydrogens (tertiary/aromatic N) is 3. The van der Waals surface area contributed by atoms with Gasteiger partial charge >= 0.3 is 0 Å². The zero-order chi connectivity index (χ0) is 21.0. The van der Waals surface area contributed by atoms with Crippen molar-refractivity contribution in [1.82, 2.24) is 9.88 Å². The van der Waals surface area contributed by atoms with E-state index in [9.17, 15) is 4.79 Å². The highest BCUT2D eigenvalue weighted by atomic mass is 79.9. The molecule has 30 heavy (non-hydrogen) atoms. The van der Waals surface area contributed by atoms with Crippen molar-refractivity contribution < 1.29 is 9.53 Å². The van der Waals surface area contributed by atoms with Crippen LogP contribution in [0.25, 0.3) is 10.2 Å². The van der Waals surface area contributed by atoms with E-state index in [-0.39, 0.29) is 18.3 Å². The van der Waals surface area contributed by atoms with Gasteiger partial charge in [-0.25, -0.2) is 4.98 Å². The third-order valence-corrected chi connectivity index (χ3v) is 7.01. The van der Waals surface area contributed by atoms with Gasteiger partial charge in [0.1, 0.15) is 11.3 Å². The van der Waals surface area contributed by atoms with Gasteiger partial charge in [-0.2, -0.15) is 0 Å². The van der Waals surface area contributed by atoms with Crippen LogP contribution in [0.1, 0.15) is 24.2 Å². The van der Waals surface area contributed by atoms with E-state index in [0.717, 1.165) is 28.8 Å². The summed E-state index contributed by atoms with van der Waals surface area (Å²) in [5.41, 5.74) is 1.28. The number of hydrogen-bond donors (Lipinski definition) is 0. The molecule has 0 N–H and O–H groups in total. The summed E-state index contributed by atoms with van der Waals surface area (Å²) in [5, 5.41) is 1.21. The minimum Gasteiger partial charge on any atom is -0.494 e. The third kappa shape index (κ3) is 5.26. The molecule has 0 spiro atoms. The number of amides is 1. The molecule has 0 aliphatic carbocycles. The number of halogens is 3. The number of aromatic nitrogens is 1. The summed E-state index contributed by atoms with van der Waals surface area (Å²) >= 11 is 11.3. The first-order valence-corrected chi connectivity index (χ1v) is 11.4. The average molecular weight is 533 g/mol. The van der Waals surface area contributed by atoms with Gasteiger partial charge in [0.15, 0.2) is 5.13 Å². The van der Waals surface area contributed by atoms with Crippen LogP contribution in [0.3, 0.4) is 0 Å². The van der Waals surface area contributed by atoms with Crippen LogP contribution in [0.4, 0.5) is 5.13 Å². The Hall–Kier alpha value is -1.38. The van der Waals surface area contributed by atoms with Gasteiger partial charge in [-0.1, -0.05) is 48.9 Å². The van der Waals surface area contributed by atoms with E-state index in [1.807, 2.05) is 24.3 Å². The molecule has 1 amide bonds. The first-order valence-electron chi connectivity index (χ1n) is 9.41. The third-order valence-electron chi connectivity index (χ3n) is 4.78. The zero-order valence-corrected chi connectivity index (χ0v) is 21.0. The van der Waals surface area contributed by atoms with Crippen LogP contribution in [0.2, 0.25) is 5.02 Å². The van der Waals surface area contributed by atoms with Crippen molar-refractivity contribution in [3.63, 3.8) is 0 Å². The van der Waals surface area contributed by atoms with Crippen molar-refractivity contribution in [1.29, 1.82) is 0 Å². The molecule has 0 saturated heterocycles. The number of likely N-dealkylation sites (N-methyl/N-ethyl adjacent to an activating group) is 1. The molecule has 0 fully saturated rings. The van der Waals surface area contributed by atoms with Crippen molar-refractivity contribution in [2.45, 2.75) is 13.8 Å². The maximum absolute atomic E-state index is 13.5. The standard InChI is InChI=1S/C21H23BrClN3O2S.ClH/c1-4-25(5-2)12-13-26(20(27)14-8-6-7-9-15(14)22)21-24-18-17(28-3)11-10-16(23)19(18)29-21;/h6-11H,4-5,12-13H2,1-3H3;1H. The van der Waals surface area contributed by atoms with E-state index < -0.39 is 0 Å². The van der Waals surface area contributed by atoms with Crippen LogP contribution < -0.4 is 9.64 Å². The smallest absolute Gasteiger partial charge is 0.261 e. The quantitative estimate of drug-likeness (QED) is 0.350. The first kappa shape index (κ1) is 24.9. The number of ether oxygens (including phenoxy) is 1. The highest BCUT2D eigenvalue weighted by molar-refractivity contribution is 9.10. The summed E-state index contributed by atoms with van der Waals surface area (Å²) in [6.45, 7) is 7.36.